The number of benzene rings is 1. The van der Waals surface area contributed by atoms with Gasteiger partial charge in [0, 0.05) is 5.56 Å². The highest BCUT2D eigenvalue weighted by molar-refractivity contribution is 7.86. The molecule has 0 saturated carbocycles. The van der Waals surface area contributed by atoms with Crippen LogP contribution in [-0.4, -0.2) is 32.7 Å². The second-order valence-electron chi connectivity index (χ2n) is 7.83. The second-order valence-corrected chi connectivity index (χ2v) is 9.50. The van der Waals surface area contributed by atoms with E-state index >= 15 is 0 Å². The molecule has 0 heterocycles. The van der Waals surface area contributed by atoms with Crippen LogP contribution in [0.2, 0.25) is 0 Å². The van der Waals surface area contributed by atoms with Crippen molar-refractivity contribution in [1.29, 1.82) is 0 Å². The Labute approximate surface area is 190 Å². The van der Waals surface area contributed by atoms with Crippen LogP contribution in [0.1, 0.15) is 90.0 Å². The molecule has 0 aromatic heterocycles. The van der Waals surface area contributed by atoms with Gasteiger partial charge in [-0.2, -0.15) is 21.6 Å². The highest BCUT2D eigenvalue weighted by Gasteiger charge is 2.38. The first-order valence-corrected chi connectivity index (χ1v) is 13.1. The topological polar surface area (TPSA) is 65.0 Å². The van der Waals surface area contributed by atoms with Gasteiger partial charge in [-0.15, -0.1) is 0 Å². The molecular formula is C23H36F3NO4S. The van der Waals surface area contributed by atoms with Crippen LogP contribution < -0.4 is 4.74 Å². The molecule has 0 aliphatic heterocycles. The predicted octanol–water partition coefficient (Wildman–Crippen LogP) is 7.01. The zero-order valence-electron chi connectivity index (χ0n) is 19.1. The van der Waals surface area contributed by atoms with Crippen LogP contribution >= 0.6 is 0 Å². The van der Waals surface area contributed by atoms with Crippen molar-refractivity contribution in [2.24, 2.45) is 5.16 Å². The molecule has 0 radical (unpaired) electrons. The summed E-state index contributed by atoms with van der Waals surface area (Å²) < 4.78 is 72.7. The first-order valence-electron chi connectivity index (χ1n) is 11.5. The second kappa shape index (κ2) is 15.1. The van der Waals surface area contributed by atoms with Crippen molar-refractivity contribution in [2.75, 3.05) is 12.4 Å². The van der Waals surface area contributed by atoms with Crippen LogP contribution in [0.4, 0.5) is 13.2 Å². The van der Waals surface area contributed by atoms with Crippen molar-refractivity contribution in [1.82, 2.24) is 0 Å². The van der Waals surface area contributed by atoms with E-state index < -0.39 is 27.8 Å². The maximum atomic E-state index is 13.3. The van der Waals surface area contributed by atoms with Crippen molar-refractivity contribution >= 4 is 15.8 Å². The minimum Gasteiger partial charge on any atom is -0.494 e. The molecule has 0 spiro atoms. The average Bonchev–Trinajstić information content (AvgIpc) is 2.72. The van der Waals surface area contributed by atoms with Gasteiger partial charge in [0.05, 0.1) is 12.4 Å². The summed E-state index contributed by atoms with van der Waals surface area (Å²) in [6, 6.07) is 5.20. The Morgan fingerprint density at radius 2 is 1.38 bits per heavy atom. The summed E-state index contributed by atoms with van der Waals surface area (Å²) in [5, 5.41) is 2.88. The number of hydrogen-bond donors (Lipinski definition) is 0. The molecule has 184 valence electrons. The summed E-state index contributed by atoms with van der Waals surface area (Å²) in [7, 11) is -4.14. The molecule has 1 rings (SSSR count). The Kier molecular flexibility index (Phi) is 13.4. The van der Waals surface area contributed by atoms with Gasteiger partial charge in [-0.25, -0.2) is 0 Å². The highest BCUT2D eigenvalue weighted by atomic mass is 32.2. The van der Waals surface area contributed by atoms with Gasteiger partial charge in [-0.3, -0.25) is 4.28 Å². The number of hydrogen-bond acceptors (Lipinski definition) is 5. The highest BCUT2D eigenvalue weighted by Crippen LogP contribution is 2.25. The minimum atomic E-state index is -4.86. The number of unbranched alkanes of at least 4 members (excludes halogenated alkanes) is 9. The first kappa shape index (κ1) is 28.3. The van der Waals surface area contributed by atoms with Crippen molar-refractivity contribution in [3.05, 3.63) is 29.8 Å². The number of oxime groups is 1. The number of alkyl halides is 3. The van der Waals surface area contributed by atoms with E-state index in [9.17, 15) is 21.6 Å². The third-order valence-electron chi connectivity index (χ3n) is 4.86. The lowest BCUT2D eigenvalue weighted by atomic mass is 10.1. The van der Waals surface area contributed by atoms with Crippen LogP contribution in [-0.2, 0) is 14.4 Å². The molecule has 0 aliphatic carbocycles. The van der Waals surface area contributed by atoms with Gasteiger partial charge in [0.1, 0.15) is 5.75 Å². The van der Waals surface area contributed by atoms with E-state index in [-0.39, 0.29) is 12.0 Å². The van der Waals surface area contributed by atoms with E-state index in [1.54, 1.807) is 6.92 Å². The van der Waals surface area contributed by atoms with Crippen LogP contribution in [0.15, 0.2) is 29.4 Å². The van der Waals surface area contributed by atoms with E-state index in [2.05, 4.69) is 16.4 Å². The predicted molar refractivity (Wildman–Crippen MR) is 122 cm³/mol. The van der Waals surface area contributed by atoms with Crippen LogP contribution in [0, 0.1) is 0 Å². The van der Waals surface area contributed by atoms with Crippen molar-refractivity contribution < 1.29 is 30.6 Å². The van der Waals surface area contributed by atoms with Gasteiger partial charge >= 0.3 is 16.3 Å². The lowest BCUT2D eigenvalue weighted by Gasteiger charge is -2.11. The van der Waals surface area contributed by atoms with Gasteiger partial charge in [0.15, 0.2) is 5.71 Å². The number of rotatable bonds is 17. The van der Waals surface area contributed by atoms with E-state index in [0.29, 0.717) is 12.4 Å². The van der Waals surface area contributed by atoms with E-state index in [4.69, 9.17) is 4.74 Å². The summed E-state index contributed by atoms with van der Waals surface area (Å²) in [5.41, 5.74) is -1.70. The monoisotopic (exact) mass is 479 g/mol. The summed E-state index contributed by atoms with van der Waals surface area (Å²) >= 11 is 0. The minimum absolute atomic E-state index is 0.213. The zero-order chi connectivity index (χ0) is 23.9. The molecule has 0 amide bonds. The summed E-state index contributed by atoms with van der Waals surface area (Å²) in [5.74, 6) is 0.0404. The molecule has 32 heavy (non-hydrogen) atoms. The van der Waals surface area contributed by atoms with Gasteiger partial charge in [-0.05, 0) is 37.1 Å². The van der Waals surface area contributed by atoms with Gasteiger partial charge in [-0.1, -0.05) is 76.8 Å². The summed E-state index contributed by atoms with van der Waals surface area (Å²) in [6.45, 7) is 4.28. The van der Waals surface area contributed by atoms with Crippen LogP contribution in [0.5, 0.6) is 5.75 Å². The Hall–Kier alpha value is -1.77. The average molecular weight is 480 g/mol. The largest absolute Gasteiger partial charge is 0.494 e. The molecule has 1 aromatic carbocycles. The molecule has 0 aliphatic rings. The molecule has 0 bridgehead atoms. The fraction of sp³-hybridized carbons (Fsp3) is 0.696. The normalized spacial score (nSPS) is 12.7. The summed E-state index contributed by atoms with van der Waals surface area (Å²) in [4.78, 5) is 0. The Morgan fingerprint density at radius 3 is 1.88 bits per heavy atom. The maximum Gasteiger partial charge on any atom is 0.437 e. The Bertz CT molecular complexity index is 762. The van der Waals surface area contributed by atoms with E-state index in [1.165, 1.54) is 69.2 Å². The quantitative estimate of drug-likeness (QED) is 0.137. The van der Waals surface area contributed by atoms with Gasteiger partial charge in [0.25, 0.3) is 0 Å². The zero-order valence-corrected chi connectivity index (χ0v) is 19.9. The van der Waals surface area contributed by atoms with Crippen molar-refractivity contribution in [3.8, 4) is 5.75 Å². The third kappa shape index (κ3) is 12.3. The lowest BCUT2D eigenvalue weighted by molar-refractivity contribution is -0.0597. The first-order chi connectivity index (χ1) is 15.2. The fourth-order valence-electron chi connectivity index (χ4n) is 3.14. The maximum absolute atomic E-state index is 13.3. The molecule has 0 unspecified atom stereocenters. The van der Waals surface area contributed by atoms with Gasteiger partial charge in [0.2, 0.25) is 0 Å². The number of nitrogens with zero attached hydrogens (tertiary/aromatic N) is 1. The lowest BCUT2D eigenvalue weighted by Crippen LogP contribution is -2.25. The fourth-order valence-corrected chi connectivity index (χ4v) is 3.90. The van der Waals surface area contributed by atoms with Gasteiger partial charge < -0.3 is 4.74 Å². The SMILES string of the molecule is CCCCCCCCCCCCOc1ccc(C(=NOS(=O)(=O)CCC)C(F)(F)F)cc1. The Morgan fingerprint density at radius 1 is 0.844 bits per heavy atom. The van der Waals surface area contributed by atoms with E-state index in [1.807, 2.05) is 0 Å². The molecule has 0 N–H and O–H groups in total. The standard InChI is InChI=1S/C23H36F3NO4S/c1-3-5-6-7-8-9-10-11-12-13-18-30-21-16-14-20(15-17-21)22(23(24,25)26)27-31-32(28,29)19-4-2/h14-17H,3-13,18-19H2,1-2H3. The molecular weight excluding hydrogens is 443 g/mol. The Balaban J connectivity index is 2.43. The van der Waals surface area contributed by atoms with E-state index in [0.717, 1.165) is 19.3 Å². The molecule has 5 nitrogen and oxygen atoms in total. The molecule has 1 aromatic rings. The molecule has 9 heteroatoms. The smallest absolute Gasteiger partial charge is 0.437 e. The third-order valence-corrected chi connectivity index (χ3v) is 6.07. The van der Waals surface area contributed by atoms with Crippen molar-refractivity contribution in [2.45, 2.75) is 90.7 Å². The van der Waals surface area contributed by atoms with Crippen LogP contribution in [0.25, 0.3) is 0 Å². The molecule has 0 saturated heterocycles. The summed E-state index contributed by atoms with van der Waals surface area (Å²) in [6.07, 6.45) is 7.44. The van der Waals surface area contributed by atoms with Crippen molar-refractivity contribution in [3.63, 3.8) is 0 Å². The van der Waals surface area contributed by atoms with Crippen LogP contribution in [0.3, 0.4) is 0 Å². The number of halogens is 3. The number of ether oxygens (including phenoxy) is 1. The molecule has 0 atom stereocenters. The molecule has 0 fully saturated rings.